The molecule has 0 bridgehead atoms. The summed E-state index contributed by atoms with van der Waals surface area (Å²) in [4.78, 5) is 18.2. The van der Waals surface area contributed by atoms with E-state index in [9.17, 15) is 10.1 Å². The average Bonchev–Trinajstić information content (AvgIpc) is 3.50. The Kier molecular flexibility index (Phi) is 15.1. The number of methoxy groups -OCH3 is 1. The largest absolute Gasteiger partial charge is 0.496 e. The van der Waals surface area contributed by atoms with Crippen LogP contribution in [0, 0.1) is 11.3 Å². The van der Waals surface area contributed by atoms with Gasteiger partial charge in [-0.05, 0) is 50.1 Å². The molecule has 0 saturated carbocycles. The Bertz CT molecular complexity index is 1230. The van der Waals surface area contributed by atoms with Gasteiger partial charge in [-0.15, -0.1) is 0 Å². The smallest absolute Gasteiger partial charge is 0.252 e. The Labute approximate surface area is 276 Å². The van der Waals surface area contributed by atoms with E-state index in [1.54, 1.807) is 25.3 Å². The van der Waals surface area contributed by atoms with Gasteiger partial charge in [-0.3, -0.25) is 19.9 Å². The first-order chi connectivity index (χ1) is 22.6. The van der Waals surface area contributed by atoms with Gasteiger partial charge in [-0.1, -0.05) is 83.1 Å². The van der Waals surface area contributed by atoms with Crippen molar-refractivity contribution < 1.29 is 9.53 Å². The van der Waals surface area contributed by atoms with Gasteiger partial charge in [-0.25, -0.2) is 10.9 Å². The summed E-state index contributed by atoms with van der Waals surface area (Å²) in [6.45, 7) is 9.42. The summed E-state index contributed by atoms with van der Waals surface area (Å²) < 4.78 is 5.39. The summed E-state index contributed by atoms with van der Waals surface area (Å²) >= 11 is 0. The van der Waals surface area contributed by atoms with E-state index in [2.05, 4.69) is 56.5 Å². The Balaban J connectivity index is 1.23. The van der Waals surface area contributed by atoms with E-state index in [1.807, 2.05) is 30.3 Å². The maximum Gasteiger partial charge on any atom is 0.252 e. The van der Waals surface area contributed by atoms with E-state index in [4.69, 9.17) is 4.74 Å². The normalized spacial score (nSPS) is 21.0. The van der Waals surface area contributed by atoms with E-state index < -0.39 is 6.04 Å². The van der Waals surface area contributed by atoms with Crippen LogP contribution in [0.25, 0.3) is 0 Å². The number of unbranched alkanes of at least 4 members (excludes halogenated alkanes) is 7. The quantitative estimate of drug-likeness (QED) is 0.131. The number of amides is 1. The third-order valence-corrected chi connectivity index (χ3v) is 9.16. The monoisotopic (exact) mass is 632 g/mol. The number of carbonyl (C=O) groups is 1. The third-order valence-electron chi connectivity index (χ3n) is 9.16. The summed E-state index contributed by atoms with van der Waals surface area (Å²) in [6.07, 6.45) is 13.4. The van der Waals surface area contributed by atoms with Gasteiger partial charge in [0.05, 0.1) is 25.5 Å². The first-order valence-electron chi connectivity index (χ1n) is 17.5. The Morgan fingerprint density at radius 1 is 1.00 bits per heavy atom. The molecule has 10 heteroatoms. The molecule has 10 nitrogen and oxygen atoms in total. The number of ether oxygens (including phenoxy) is 1. The molecule has 2 fully saturated rings. The minimum atomic E-state index is -0.820. The lowest BCUT2D eigenvalue weighted by atomic mass is 10.1. The highest BCUT2D eigenvalue weighted by Crippen LogP contribution is 2.25. The fourth-order valence-electron chi connectivity index (χ4n) is 6.56. The van der Waals surface area contributed by atoms with Gasteiger partial charge in [0.25, 0.3) is 5.91 Å². The van der Waals surface area contributed by atoms with Crippen LogP contribution in [0.5, 0.6) is 5.75 Å². The number of rotatable bonds is 19. The summed E-state index contributed by atoms with van der Waals surface area (Å²) in [6, 6.07) is 16.4. The van der Waals surface area contributed by atoms with Crippen molar-refractivity contribution in [1.29, 1.82) is 5.26 Å². The number of nitrogens with one attached hydrogen (secondary N) is 5. The highest BCUT2D eigenvalue weighted by atomic mass is 16.5. The second-order valence-corrected chi connectivity index (χ2v) is 12.6. The molecule has 252 valence electrons. The molecule has 0 aliphatic carbocycles. The van der Waals surface area contributed by atoms with Gasteiger partial charge >= 0.3 is 0 Å². The topological polar surface area (TPSA) is 117 Å². The van der Waals surface area contributed by atoms with Crippen molar-refractivity contribution in [2.75, 3.05) is 45.3 Å². The minimum absolute atomic E-state index is 0.105. The second-order valence-electron chi connectivity index (χ2n) is 12.6. The number of para-hydroxylation sites is 1. The van der Waals surface area contributed by atoms with Gasteiger partial charge in [0.1, 0.15) is 11.8 Å². The molecule has 4 atom stereocenters. The van der Waals surface area contributed by atoms with Crippen LogP contribution < -0.4 is 31.5 Å². The Morgan fingerprint density at radius 2 is 1.78 bits per heavy atom. The first-order valence-corrected chi connectivity index (χ1v) is 17.5. The molecule has 3 unspecified atom stereocenters. The van der Waals surface area contributed by atoms with E-state index in [0.29, 0.717) is 29.5 Å². The van der Waals surface area contributed by atoms with E-state index >= 15 is 0 Å². The van der Waals surface area contributed by atoms with Gasteiger partial charge < -0.3 is 15.4 Å². The van der Waals surface area contributed by atoms with Crippen LogP contribution in [0.3, 0.4) is 0 Å². The lowest BCUT2D eigenvalue weighted by Crippen LogP contribution is -2.59. The van der Waals surface area contributed by atoms with E-state index in [0.717, 1.165) is 38.3 Å². The van der Waals surface area contributed by atoms with Crippen LogP contribution in [0.4, 0.5) is 5.69 Å². The molecule has 2 heterocycles. The summed E-state index contributed by atoms with van der Waals surface area (Å²) in [5.41, 5.74) is 9.07. The first kappa shape index (κ1) is 35.7. The third kappa shape index (κ3) is 10.4. The predicted molar refractivity (Wildman–Crippen MR) is 185 cm³/mol. The fraction of sp³-hybridized carbons (Fsp3) is 0.611. The summed E-state index contributed by atoms with van der Waals surface area (Å²) in [7, 11) is 1.56. The van der Waals surface area contributed by atoms with Crippen LogP contribution in [-0.4, -0.2) is 74.0 Å². The number of nitrogens with zero attached hydrogens (tertiary/aromatic N) is 3. The number of carbonyl (C=O) groups excluding carboxylic acids is 1. The van der Waals surface area contributed by atoms with Crippen LogP contribution in [-0.2, 0) is 0 Å². The Hall–Kier alpha value is -3.20. The maximum atomic E-state index is 13.1. The number of anilines is 1. The van der Waals surface area contributed by atoms with Crippen molar-refractivity contribution >= 4 is 11.6 Å². The molecule has 0 aromatic heterocycles. The molecule has 2 aromatic carbocycles. The van der Waals surface area contributed by atoms with Crippen molar-refractivity contribution in [3.8, 4) is 11.8 Å². The average molecular weight is 633 g/mol. The maximum absolute atomic E-state index is 13.1. The summed E-state index contributed by atoms with van der Waals surface area (Å²) in [5, 5.41) is 20.0. The zero-order valence-corrected chi connectivity index (χ0v) is 28.2. The predicted octanol–water partition coefficient (Wildman–Crippen LogP) is 5.34. The molecule has 5 N–H and O–H groups in total. The number of hydrazine groups is 1. The van der Waals surface area contributed by atoms with Crippen molar-refractivity contribution in [2.24, 2.45) is 0 Å². The standard InChI is InChI=1S/C36H56N8O2/c1-4-6-7-8-9-10-11-14-22-43-23-20-31(39-27-43)35-42-41-34(44(35)21-5-2)26-38-29-17-15-16-28(24-29)36(45)40-32(25-37)30-18-12-13-19-33(30)46-3/h12-13,15-19,24,31-32,34-35,38-39,41-42H,4-11,14,20-23,26-27H2,1-3H3,(H,40,45)/t31?,32-,34?,35?/m0/s1. The van der Waals surface area contributed by atoms with Crippen LogP contribution in [0.2, 0.25) is 0 Å². The van der Waals surface area contributed by atoms with Crippen molar-refractivity contribution in [3.05, 3.63) is 59.7 Å². The van der Waals surface area contributed by atoms with Crippen molar-refractivity contribution in [2.45, 2.75) is 102 Å². The number of benzene rings is 2. The number of hydrogen-bond acceptors (Lipinski definition) is 9. The molecule has 2 aliphatic heterocycles. The SMILES string of the molecule is CCCCCCCCCCN1CCC(C2NNC(CNc3cccc(C(=O)N[C@@H](C#N)c4ccccc4OC)c3)N2CCC)NC1. The molecule has 46 heavy (non-hydrogen) atoms. The van der Waals surface area contributed by atoms with Crippen molar-refractivity contribution in [3.63, 3.8) is 0 Å². The molecule has 2 saturated heterocycles. The number of hydrogen-bond donors (Lipinski definition) is 5. The molecule has 1 amide bonds. The zero-order valence-electron chi connectivity index (χ0n) is 28.2. The van der Waals surface area contributed by atoms with Crippen LogP contribution in [0.1, 0.15) is 100 Å². The van der Waals surface area contributed by atoms with Crippen LogP contribution in [0.15, 0.2) is 48.5 Å². The van der Waals surface area contributed by atoms with E-state index in [1.165, 1.54) is 57.9 Å². The zero-order chi connectivity index (χ0) is 32.6. The molecule has 2 aliphatic rings. The molecule has 0 radical (unpaired) electrons. The number of nitriles is 1. The summed E-state index contributed by atoms with van der Waals surface area (Å²) in [5.74, 6) is 0.256. The highest BCUT2D eigenvalue weighted by Gasteiger charge is 2.38. The molecule has 4 rings (SSSR count). The Morgan fingerprint density at radius 3 is 2.50 bits per heavy atom. The van der Waals surface area contributed by atoms with E-state index in [-0.39, 0.29) is 18.2 Å². The van der Waals surface area contributed by atoms with Gasteiger partial charge in [0.2, 0.25) is 0 Å². The fourth-order valence-corrected chi connectivity index (χ4v) is 6.56. The molecular formula is C36H56N8O2. The van der Waals surface area contributed by atoms with Crippen molar-refractivity contribution in [1.82, 2.24) is 31.3 Å². The minimum Gasteiger partial charge on any atom is -0.496 e. The lowest BCUT2D eigenvalue weighted by Gasteiger charge is -2.39. The highest BCUT2D eigenvalue weighted by molar-refractivity contribution is 5.95. The molecule has 0 spiro atoms. The lowest BCUT2D eigenvalue weighted by molar-refractivity contribution is 0.0945. The second kappa shape index (κ2) is 19.5. The van der Waals surface area contributed by atoms with Gasteiger partial charge in [0.15, 0.2) is 0 Å². The molecule has 2 aromatic rings. The van der Waals surface area contributed by atoms with Gasteiger partial charge in [0, 0.05) is 49.2 Å². The van der Waals surface area contributed by atoms with Gasteiger partial charge in [-0.2, -0.15) is 5.26 Å². The van der Waals surface area contributed by atoms with Crippen LogP contribution >= 0.6 is 0 Å². The molecular weight excluding hydrogens is 576 g/mol.